The van der Waals surface area contributed by atoms with Gasteiger partial charge in [0.25, 0.3) is 0 Å². The summed E-state index contributed by atoms with van der Waals surface area (Å²) < 4.78 is 39.4. The SMILES string of the molecule is FC(F)(F)c1cc(Cl)ccc1Nc1cnnc(NC2CCCC2)n1. The molecule has 0 bridgehead atoms. The summed E-state index contributed by atoms with van der Waals surface area (Å²) in [5.74, 6) is 0.479. The molecule has 0 spiro atoms. The van der Waals surface area contributed by atoms with Gasteiger partial charge in [-0.1, -0.05) is 24.4 Å². The van der Waals surface area contributed by atoms with Gasteiger partial charge in [-0.3, -0.25) is 0 Å². The summed E-state index contributed by atoms with van der Waals surface area (Å²) in [4.78, 5) is 4.18. The number of hydrogen-bond acceptors (Lipinski definition) is 5. The first-order chi connectivity index (χ1) is 11.4. The van der Waals surface area contributed by atoms with Crippen LogP contribution in [0.5, 0.6) is 0 Å². The van der Waals surface area contributed by atoms with E-state index in [4.69, 9.17) is 11.6 Å². The van der Waals surface area contributed by atoms with Gasteiger partial charge < -0.3 is 10.6 Å². The number of benzene rings is 1. The third kappa shape index (κ3) is 4.05. The highest BCUT2D eigenvalue weighted by Gasteiger charge is 2.34. The van der Waals surface area contributed by atoms with Gasteiger partial charge >= 0.3 is 6.18 Å². The van der Waals surface area contributed by atoms with Gasteiger partial charge in [0, 0.05) is 11.1 Å². The molecule has 9 heteroatoms. The predicted octanol–water partition coefficient (Wildman–Crippen LogP) is 4.64. The van der Waals surface area contributed by atoms with E-state index in [1.807, 2.05) is 0 Å². The Morgan fingerprint density at radius 1 is 1.17 bits per heavy atom. The fourth-order valence-electron chi connectivity index (χ4n) is 2.68. The molecule has 0 aliphatic heterocycles. The van der Waals surface area contributed by atoms with Crippen LogP contribution in [0.15, 0.2) is 24.4 Å². The standard InChI is InChI=1S/C15H15ClF3N5/c16-9-5-6-12(11(7-9)15(17,18)19)22-13-8-20-24-14(23-13)21-10-3-1-2-4-10/h5-8,10H,1-4H2,(H2,21,22,23,24). The molecule has 1 aromatic heterocycles. The molecule has 0 amide bonds. The largest absolute Gasteiger partial charge is 0.418 e. The molecular formula is C15H15ClF3N5. The Morgan fingerprint density at radius 2 is 1.92 bits per heavy atom. The summed E-state index contributed by atoms with van der Waals surface area (Å²) in [7, 11) is 0. The van der Waals surface area contributed by atoms with Gasteiger partial charge in [-0.2, -0.15) is 23.3 Å². The average Bonchev–Trinajstić information content (AvgIpc) is 3.01. The Bertz CT molecular complexity index is 716. The van der Waals surface area contributed by atoms with E-state index in [2.05, 4.69) is 25.8 Å². The van der Waals surface area contributed by atoms with Crippen molar-refractivity contribution in [1.29, 1.82) is 0 Å². The minimum atomic E-state index is -4.53. The molecule has 2 aromatic rings. The van der Waals surface area contributed by atoms with Crippen LogP contribution in [0, 0.1) is 0 Å². The van der Waals surface area contributed by atoms with E-state index in [1.54, 1.807) is 0 Å². The minimum Gasteiger partial charge on any atom is -0.350 e. The van der Waals surface area contributed by atoms with E-state index in [1.165, 1.54) is 18.3 Å². The Labute approximate surface area is 141 Å². The lowest BCUT2D eigenvalue weighted by Crippen LogP contribution is -2.17. The van der Waals surface area contributed by atoms with Crippen LogP contribution in [0.25, 0.3) is 0 Å². The zero-order valence-electron chi connectivity index (χ0n) is 12.6. The lowest BCUT2D eigenvalue weighted by Gasteiger charge is -2.15. The van der Waals surface area contributed by atoms with Crippen LogP contribution in [0.3, 0.4) is 0 Å². The van der Waals surface area contributed by atoms with Crippen LogP contribution in [0.2, 0.25) is 5.02 Å². The first-order valence-corrected chi connectivity index (χ1v) is 7.89. The van der Waals surface area contributed by atoms with Crippen LogP contribution in [-0.2, 0) is 6.18 Å². The van der Waals surface area contributed by atoms with Gasteiger partial charge in [0.05, 0.1) is 17.4 Å². The maximum absolute atomic E-state index is 13.1. The van der Waals surface area contributed by atoms with Crippen molar-refractivity contribution < 1.29 is 13.2 Å². The normalized spacial score (nSPS) is 15.5. The highest BCUT2D eigenvalue weighted by atomic mass is 35.5. The third-order valence-electron chi connectivity index (χ3n) is 3.80. The zero-order valence-corrected chi connectivity index (χ0v) is 13.3. The van der Waals surface area contributed by atoms with Crippen LogP contribution < -0.4 is 10.6 Å². The molecule has 1 heterocycles. The van der Waals surface area contributed by atoms with Gasteiger partial charge in [0.1, 0.15) is 0 Å². The molecule has 128 valence electrons. The molecule has 1 aromatic carbocycles. The van der Waals surface area contributed by atoms with Crippen molar-refractivity contribution in [2.45, 2.75) is 37.9 Å². The van der Waals surface area contributed by atoms with Gasteiger partial charge in [0.2, 0.25) is 5.95 Å². The molecule has 1 saturated carbocycles. The number of nitrogens with one attached hydrogen (secondary N) is 2. The van der Waals surface area contributed by atoms with Gasteiger partial charge in [-0.25, -0.2) is 0 Å². The monoisotopic (exact) mass is 357 g/mol. The Morgan fingerprint density at radius 3 is 2.62 bits per heavy atom. The summed E-state index contributed by atoms with van der Waals surface area (Å²) in [6.45, 7) is 0. The highest BCUT2D eigenvalue weighted by molar-refractivity contribution is 6.30. The smallest absolute Gasteiger partial charge is 0.350 e. The average molecular weight is 358 g/mol. The summed E-state index contributed by atoms with van der Waals surface area (Å²) >= 11 is 5.67. The van der Waals surface area contributed by atoms with Crippen LogP contribution in [-0.4, -0.2) is 21.2 Å². The maximum Gasteiger partial charge on any atom is 0.418 e. The number of anilines is 3. The summed E-state index contributed by atoms with van der Waals surface area (Å²) in [5.41, 5.74) is -1.00. The number of nitrogens with zero attached hydrogens (tertiary/aromatic N) is 3. The van der Waals surface area contributed by atoms with Crippen molar-refractivity contribution in [2.75, 3.05) is 10.6 Å². The van der Waals surface area contributed by atoms with Crippen molar-refractivity contribution >= 4 is 29.1 Å². The van der Waals surface area contributed by atoms with Gasteiger partial charge in [-0.15, -0.1) is 5.10 Å². The zero-order chi connectivity index (χ0) is 17.2. The molecule has 1 aliphatic rings. The number of rotatable bonds is 4. The minimum absolute atomic E-state index is 0.0114. The van der Waals surface area contributed by atoms with E-state index in [0.717, 1.165) is 31.7 Å². The van der Waals surface area contributed by atoms with Crippen molar-refractivity contribution in [2.24, 2.45) is 0 Å². The van der Waals surface area contributed by atoms with Crippen molar-refractivity contribution in [3.05, 3.63) is 35.0 Å². The lowest BCUT2D eigenvalue weighted by atomic mass is 10.1. The Kier molecular flexibility index (Phi) is 4.75. The van der Waals surface area contributed by atoms with Crippen LogP contribution in [0.4, 0.5) is 30.6 Å². The molecule has 0 unspecified atom stereocenters. The maximum atomic E-state index is 13.1. The highest BCUT2D eigenvalue weighted by Crippen LogP contribution is 2.37. The molecule has 5 nitrogen and oxygen atoms in total. The first-order valence-electron chi connectivity index (χ1n) is 7.52. The van der Waals surface area contributed by atoms with Crippen molar-refractivity contribution in [1.82, 2.24) is 15.2 Å². The van der Waals surface area contributed by atoms with Crippen molar-refractivity contribution in [3.8, 4) is 0 Å². The number of alkyl halides is 3. The molecule has 2 N–H and O–H groups in total. The Hall–Kier alpha value is -2.09. The van der Waals surface area contributed by atoms with Gasteiger partial charge in [-0.05, 0) is 31.0 Å². The number of aromatic nitrogens is 3. The third-order valence-corrected chi connectivity index (χ3v) is 4.03. The van der Waals surface area contributed by atoms with Crippen LogP contribution in [0.1, 0.15) is 31.2 Å². The van der Waals surface area contributed by atoms with E-state index >= 15 is 0 Å². The molecule has 0 saturated heterocycles. The molecule has 24 heavy (non-hydrogen) atoms. The molecule has 1 aliphatic carbocycles. The first kappa shape index (κ1) is 16.8. The van der Waals surface area contributed by atoms with Crippen molar-refractivity contribution in [3.63, 3.8) is 0 Å². The van der Waals surface area contributed by atoms with E-state index < -0.39 is 11.7 Å². The second-order valence-corrected chi connectivity index (χ2v) is 6.04. The Balaban J connectivity index is 1.81. The summed E-state index contributed by atoms with van der Waals surface area (Å²) in [6, 6.07) is 3.79. The fraction of sp³-hybridized carbons (Fsp3) is 0.400. The number of halogens is 4. The fourth-order valence-corrected chi connectivity index (χ4v) is 2.85. The topological polar surface area (TPSA) is 62.7 Å². The van der Waals surface area contributed by atoms with E-state index in [0.29, 0.717) is 5.95 Å². The second-order valence-electron chi connectivity index (χ2n) is 5.60. The van der Waals surface area contributed by atoms with E-state index in [9.17, 15) is 13.2 Å². The molecule has 0 atom stereocenters. The molecule has 0 radical (unpaired) electrons. The van der Waals surface area contributed by atoms with Gasteiger partial charge in [0.15, 0.2) is 5.82 Å². The number of hydrogen-bond donors (Lipinski definition) is 2. The molecular weight excluding hydrogens is 343 g/mol. The quantitative estimate of drug-likeness (QED) is 0.834. The molecule has 1 fully saturated rings. The molecule has 3 rings (SSSR count). The van der Waals surface area contributed by atoms with E-state index in [-0.39, 0.29) is 22.6 Å². The summed E-state index contributed by atoms with van der Waals surface area (Å²) in [6.07, 6.45) is 1.07. The lowest BCUT2D eigenvalue weighted by molar-refractivity contribution is -0.136. The predicted molar refractivity (Wildman–Crippen MR) is 85.4 cm³/mol. The second kappa shape index (κ2) is 6.80. The van der Waals surface area contributed by atoms with Crippen LogP contribution >= 0.6 is 11.6 Å². The summed E-state index contributed by atoms with van der Waals surface area (Å²) in [5, 5.41) is 13.5.